The van der Waals surface area contributed by atoms with Crippen LogP contribution >= 0.6 is 0 Å². The Balaban J connectivity index is 2.05. The summed E-state index contributed by atoms with van der Waals surface area (Å²) in [6.45, 7) is 0.573. The van der Waals surface area contributed by atoms with Crippen molar-refractivity contribution in [2.24, 2.45) is 4.99 Å². The van der Waals surface area contributed by atoms with E-state index in [0.29, 0.717) is 6.54 Å². The van der Waals surface area contributed by atoms with Crippen molar-refractivity contribution in [3.63, 3.8) is 0 Å². The van der Waals surface area contributed by atoms with Crippen molar-refractivity contribution < 1.29 is 4.92 Å². The van der Waals surface area contributed by atoms with Crippen LogP contribution in [0.4, 0.5) is 5.69 Å². The molecular weight excluding hydrogens is 228 g/mol. The predicted octanol–water partition coefficient (Wildman–Crippen LogP) is 3.21. The Morgan fingerprint density at radius 3 is 2.61 bits per heavy atom. The number of benzene rings is 2. The van der Waals surface area contributed by atoms with Gasteiger partial charge in [0.1, 0.15) is 0 Å². The van der Waals surface area contributed by atoms with Gasteiger partial charge in [-0.1, -0.05) is 42.5 Å². The Morgan fingerprint density at radius 1 is 1.11 bits per heavy atom. The van der Waals surface area contributed by atoms with Crippen molar-refractivity contribution in [3.05, 3.63) is 75.8 Å². The highest BCUT2D eigenvalue weighted by Gasteiger charge is 2.03. The van der Waals surface area contributed by atoms with Crippen molar-refractivity contribution >= 4 is 11.9 Å². The highest BCUT2D eigenvalue weighted by atomic mass is 16.6. The SMILES string of the molecule is O=[N+]([O-])c1cccc(C=NCc2ccccc2)c1. The fourth-order valence-corrected chi connectivity index (χ4v) is 1.56. The Bertz CT molecular complexity index is 565. The van der Waals surface area contributed by atoms with E-state index in [-0.39, 0.29) is 5.69 Å². The Morgan fingerprint density at radius 2 is 1.89 bits per heavy atom. The molecule has 0 heterocycles. The summed E-state index contributed by atoms with van der Waals surface area (Å²) in [5.74, 6) is 0. The molecule has 0 aromatic heterocycles. The minimum atomic E-state index is -0.408. The Kier molecular flexibility index (Phi) is 3.81. The summed E-state index contributed by atoms with van der Waals surface area (Å²) >= 11 is 0. The van der Waals surface area contributed by atoms with E-state index in [1.165, 1.54) is 12.1 Å². The Labute approximate surface area is 105 Å². The van der Waals surface area contributed by atoms with Gasteiger partial charge in [0.25, 0.3) is 5.69 Å². The van der Waals surface area contributed by atoms with Crippen molar-refractivity contribution in [3.8, 4) is 0 Å². The zero-order chi connectivity index (χ0) is 12.8. The maximum absolute atomic E-state index is 10.6. The molecule has 0 atom stereocenters. The van der Waals surface area contributed by atoms with Gasteiger partial charge in [-0.3, -0.25) is 15.1 Å². The number of aliphatic imine (C=N–C) groups is 1. The van der Waals surface area contributed by atoms with Crippen LogP contribution in [0.25, 0.3) is 0 Å². The van der Waals surface area contributed by atoms with E-state index < -0.39 is 4.92 Å². The summed E-state index contributed by atoms with van der Waals surface area (Å²) in [5.41, 5.74) is 1.93. The molecule has 0 spiro atoms. The summed E-state index contributed by atoms with van der Waals surface area (Å²) in [6, 6.07) is 16.3. The third-order valence-electron chi connectivity index (χ3n) is 2.44. The molecule has 2 aromatic carbocycles. The second kappa shape index (κ2) is 5.72. The molecule has 90 valence electrons. The van der Waals surface area contributed by atoms with Gasteiger partial charge in [-0.25, -0.2) is 0 Å². The van der Waals surface area contributed by atoms with Crippen molar-refractivity contribution in [1.82, 2.24) is 0 Å². The largest absolute Gasteiger partial charge is 0.288 e. The second-order valence-electron chi connectivity index (χ2n) is 3.81. The lowest BCUT2D eigenvalue weighted by molar-refractivity contribution is -0.384. The lowest BCUT2D eigenvalue weighted by Gasteiger charge is -1.96. The van der Waals surface area contributed by atoms with Gasteiger partial charge in [0.15, 0.2) is 0 Å². The molecule has 0 aliphatic heterocycles. The van der Waals surface area contributed by atoms with E-state index in [9.17, 15) is 10.1 Å². The molecule has 2 aromatic rings. The number of non-ortho nitro benzene ring substituents is 1. The zero-order valence-electron chi connectivity index (χ0n) is 9.69. The lowest BCUT2D eigenvalue weighted by Crippen LogP contribution is -1.90. The molecule has 0 aliphatic carbocycles. The van der Waals surface area contributed by atoms with E-state index in [1.54, 1.807) is 18.3 Å². The molecule has 0 fully saturated rings. The average molecular weight is 240 g/mol. The maximum Gasteiger partial charge on any atom is 0.270 e. The van der Waals surface area contributed by atoms with Gasteiger partial charge in [0.2, 0.25) is 0 Å². The summed E-state index contributed by atoms with van der Waals surface area (Å²) in [6.07, 6.45) is 1.65. The molecule has 4 nitrogen and oxygen atoms in total. The van der Waals surface area contributed by atoms with Gasteiger partial charge in [-0.2, -0.15) is 0 Å². The molecule has 18 heavy (non-hydrogen) atoms. The van der Waals surface area contributed by atoms with Crippen LogP contribution in [0.3, 0.4) is 0 Å². The number of hydrogen-bond acceptors (Lipinski definition) is 3. The predicted molar refractivity (Wildman–Crippen MR) is 70.8 cm³/mol. The fraction of sp³-hybridized carbons (Fsp3) is 0.0714. The molecule has 0 saturated carbocycles. The molecule has 0 radical (unpaired) electrons. The highest BCUT2D eigenvalue weighted by molar-refractivity contribution is 5.80. The van der Waals surface area contributed by atoms with Gasteiger partial charge in [-0.15, -0.1) is 0 Å². The number of hydrogen-bond donors (Lipinski definition) is 0. The average Bonchev–Trinajstić information content (AvgIpc) is 2.40. The number of nitrogens with zero attached hydrogens (tertiary/aromatic N) is 2. The van der Waals surface area contributed by atoms with Gasteiger partial charge >= 0.3 is 0 Å². The minimum absolute atomic E-state index is 0.0821. The number of nitro groups is 1. The molecule has 0 bridgehead atoms. The molecular formula is C14H12N2O2. The quantitative estimate of drug-likeness (QED) is 0.468. The molecule has 0 aliphatic rings. The van der Waals surface area contributed by atoms with Crippen LogP contribution < -0.4 is 0 Å². The van der Waals surface area contributed by atoms with Crippen molar-refractivity contribution in [2.45, 2.75) is 6.54 Å². The standard InChI is InChI=1S/C14H12N2O2/c17-16(18)14-8-4-7-13(9-14)11-15-10-12-5-2-1-3-6-12/h1-9,11H,10H2. The van der Waals surface area contributed by atoms with Crippen molar-refractivity contribution in [1.29, 1.82) is 0 Å². The van der Waals surface area contributed by atoms with Gasteiger partial charge in [0, 0.05) is 18.3 Å². The third-order valence-corrected chi connectivity index (χ3v) is 2.44. The second-order valence-corrected chi connectivity index (χ2v) is 3.81. The smallest absolute Gasteiger partial charge is 0.270 e. The van der Waals surface area contributed by atoms with E-state index in [1.807, 2.05) is 30.3 Å². The topological polar surface area (TPSA) is 55.5 Å². The van der Waals surface area contributed by atoms with E-state index in [2.05, 4.69) is 4.99 Å². The van der Waals surface area contributed by atoms with Crippen LogP contribution in [0.2, 0.25) is 0 Å². The van der Waals surface area contributed by atoms with Crippen LogP contribution in [-0.4, -0.2) is 11.1 Å². The number of rotatable bonds is 4. The van der Waals surface area contributed by atoms with Crippen LogP contribution in [-0.2, 0) is 6.54 Å². The van der Waals surface area contributed by atoms with Crippen molar-refractivity contribution in [2.75, 3.05) is 0 Å². The third kappa shape index (κ3) is 3.25. The molecule has 0 amide bonds. The Hall–Kier alpha value is -2.49. The monoisotopic (exact) mass is 240 g/mol. The summed E-state index contributed by atoms with van der Waals surface area (Å²) in [7, 11) is 0. The zero-order valence-corrected chi connectivity index (χ0v) is 9.69. The summed E-state index contributed by atoms with van der Waals surface area (Å²) in [5, 5.41) is 10.6. The lowest BCUT2D eigenvalue weighted by atomic mass is 10.2. The molecule has 0 saturated heterocycles. The van der Waals surface area contributed by atoms with Crippen LogP contribution in [0.5, 0.6) is 0 Å². The highest BCUT2D eigenvalue weighted by Crippen LogP contribution is 2.11. The first kappa shape index (κ1) is 12.0. The summed E-state index contributed by atoms with van der Waals surface area (Å²) in [4.78, 5) is 14.5. The number of nitro benzene ring substituents is 1. The molecule has 4 heteroatoms. The van der Waals surface area contributed by atoms with Crippen LogP contribution in [0, 0.1) is 10.1 Å². The molecule has 2 rings (SSSR count). The van der Waals surface area contributed by atoms with Crippen LogP contribution in [0.15, 0.2) is 59.6 Å². The molecule has 0 N–H and O–H groups in total. The first-order valence-corrected chi connectivity index (χ1v) is 5.54. The first-order chi connectivity index (χ1) is 8.75. The first-order valence-electron chi connectivity index (χ1n) is 5.54. The molecule has 0 unspecified atom stereocenters. The van der Waals surface area contributed by atoms with Gasteiger partial charge < -0.3 is 0 Å². The summed E-state index contributed by atoms with van der Waals surface area (Å²) < 4.78 is 0. The fourth-order valence-electron chi connectivity index (χ4n) is 1.56. The van der Waals surface area contributed by atoms with Gasteiger partial charge in [-0.05, 0) is 11.1 Å². The maximum atomic E-state index is 10.6. The van der Waals surface area contributed by atoms with E-state index in [4.69, 9.17) is 0 Å². The van der Waals surface area contributed by atoms with E-state index >= 15 is 0 Å². The van der Waals surface area contributed by atoms with Gasteiger partial charge in [0.05, 0.1) is 11.5 Å². The van der Waals surface area contributed by atoms with E-state index in [0.717, 1.165) is 11.1 Å². The normalized spacial score (nSPS) is 10.7. The van der Waals surface area contributed by atoms with Crippen LogP contribution in [0.1, 0.15) is 11.1 Å². The minimum Gasteiger partial charge on any atom is -0.288 e.